The molecule has 0 aromatic heterocycles. The van der Waals surface area contributed by atoms with E-state index < -0.39 is 28.9 Å². The average molecular weight is 390 g/mol. The van der Waals surface area contributed by atoms with Crippen molar-refractivity contribution in [3.05, 3.63) is 58.4 Å². The van der Waals surface area contributed by atoms with Crippen LogP contribution in [0, 0.1) is 0 Å². The summed E-state index contributed by atoms with van der Waals surface area (Å²) in [6.07, 6.45) is -2.43. The number of amides is 1. The predicted molar refractivity (Wildman–Crippen MR) is 97.1 cm³/mol. The highest BCUT2D eigenvalue weighted by Crippen LogP contribution is 2.51. The van der Waals surface area contributed by atoms with Gasteiger partial charge in [0.2, 0.25) is 0 Å². The minimum absolute atomic E-state index is 0.274. The van der Waals surface area contributed by atoms with Crippen molar-refractivity contribution in [3.8, 4) is 0 Å². The van der Waals surface area contributed by atoms with Gasteiger partial charge >= 0.3 is 6.18 Å². The lowest BCUT2D eigenvalue weighted by atomic mass is 9.62. The Hall–Kier alpha value is -2.64. The zero-order valence-electron chi connectivity index (χ0n) is 15.8. The number of rotatable bonds is 2. The molecule has 3 heterocycles. The first kappa shape index (κ1) is 18.7. The van der Waals surface area contributed by atoms with Crippen LogP contribution in [0.3, 0.4) is 0 Å². The van der Waals surface area contributed by atoms with Crippen molar-refractivity contribution >= 4 is 5.91 Å². The van der Waals surface area contributed by atoms with E-state index in [1.807, 2.05) is 20.8 Å². The van der Waals surface area contributed by atoms with Crippen LogP contribution in [-0.4, -0.2) is 17.6 Å². The van der Waals surface area contributed by atoms with Crippen molar-refractivity contribution in [1.82, 2.24) is 10.6 Å². The number of halogens is 3. The summed E-state index contributed by atoms with van der Waals surface area (Å²) >= 11 is 0. The van der Waals surface area contributed by atoms with E-state index in [0.29, 0.717) is 29.6 Å². The second kappa shape index (κ2) is 5.93. The van der Waals surface area contributed by atoms with E-state index >= 15 is 0 Å². The number of hydrogen-bond acceptors (Lipinski definition) is 4. The summed E-state index contributed by atoms with van der Waals surface area (Å²) in [6, 6.07) is 5.23. The van der Waals surface area contributed by atoms with Crippen molar-refractivity contribution in [3.63, 3.8) is 0 Å². The van der Waals surface area contributed by atoms with Gasteiger partial charge in [-0.1, -0.05) is 25.1 Å². The van der Waals surface area contributed by atoms with Gasteiger partial charge < -0.3 is 10.6 Å². The molecule has 1 unspecified atom stereocenters. The Labute approximate surface area is 160 Å². The van der Waals surface area contributed by atoms with E-state index in [0.717, 1.165) is 17.8 Å². The normalized spacial score (nSPS) is 28.3. The number of benzene rings is 1. The fourth-order valence-corrected chi connectivity index (χ4v) is 4.57. The maximum absolute atomic E-state index is 13.4. The fraction of sp³-hybridized carbons (Fsp3) is 0.450. The summed E-state index contributed by atoms with van der Waals surface area (Å²) in [6.45, 7) is 5.70. The molecule has 4 rings (SSSR count). The molecule has 1 aromatic carbocycles. The van der Waals surface area contributed by atoms with Gasteiger partial charge in [-0.3, -0.25) is 4.79 Å². The minimum Gasteiger partial charge on any atom is -0.362 e. The number of fused-ring (bicyclic) bond motifs is 1. The first-order chi connectivity index (χ1) is 13.1. The van der Waals surface area contributed by atoms with Gasteiger partial charge in [0.15, 0.2) is 6.17 Å². The van der Waals surface area contributed by atoms with Crippen molar-refractivity contribution in [1.29, 1.82) is 0 Å². The van der Waals surface area contributed by atoms with Gasteiger partial charge in [-0.15, -0.1) is 0 Å². The molecular weight excluding hydrogens is 369 g/mol. The second-order valence-corrected chi connectivity index (χ2v) is 8.07. The van der Waals surface area contributed by atoms with Crippen molar-refractivity contribution in [2.45, 2.75) is 56.9 Å². The van der Waals surface area contributed by atoms with E-state index in [1.54, 1.807) is 12.3 Å². The van der Waals surface area contributed by atoms with E-state index in [9.17, 15) is 18.0 Å². The summed E-state index contributed by atoms with van der Waals surface area (Å²) in [5.41, 5.74) is 0.0859. The van der Waals surface area contributed by atoms with Crippen LogP contribution in [0.4, 0.5) is 13.2 Å². The Balaban J connectivity index is 1.99. The van der Waals surface area contributed by atoms with Crippen LogP contribution >= 0.6 is 0 Å². The third kappa shape index (κ3) is 2.65. The number of nitrogens with zero attached hydrogens (tertiary/aromatic N) is 2. The second-order valence-electron chi connectivity index (χ2n) is 8.07. The Morgan fingerprint density at radius 2 is 2.04 bits per heavy atom. The molecule has 2 N–H and O–H groups in total. The molecule has 5 nitrogen and oxygen atoms in total. The zero-order valence-corrected chi connectivity index (χ0v) is 15.8. The van der Waals surface area contributed by atoms with E-state index in [1.165, 1.54) is 6.07 Å². The molecule has 0 saturated heterocycles. The average Bonchev–Trinajstić information content (AvgIpc) is 3.06. The van der Waals surface area contributed by atoms with Crippen LogP contribution in [0.15, 0.2) is 57.5 Å². The smallest absolute Gasteiger partial charge is 0.362 e. The molecule has 3 aliphatic rings. The third-order valence-corrected chi connectivity index (χ3v) is 5.72. The molecule has 148 valence electrons. The fourth-order valence-electron chi connectivity index (χ4n) is 4.57. The van der Waals surface area contributed by atoms with Gasteiger partial charge in [0.1, 0.15) is 0 Å². The SMILES string of the molecule is CC[C@@]1(c2cccc(C(F)(F)F)c2)C2=CN=NC2NC2=C1C(=O)NC(C)(C)C2. The molecule has 1 aromatic rings. The Morgan fingerprint density at radius 3 is 2.71 bits per heavy atom. The van der Waals surface area contributed by atoms with Crippen molar-refractivity contribution < 1.29 is 18.0 Å². The molecule has 0 spiro atoms. The highest BCUT2D eigenvalue weighted by Gasteiger charge is 2.53. The van der Waals surface area contributed by atoms with E-state index in [-0.39, 0.29) is 5.91 Å². The summed E-state index contributed by atoms with van der Waals surface area (Å²) in [5, 5.41) is 14.5. The van der Waals surface area contributed by atoms with Crippen LogP contribution in [0.1, 0.15) is 44.7 Å². The molecule has 1 amide bonds. The van der Waals surface area contributed by atoms with Crippen molar-refractivity contribution in [2.24, 2.45) is 10.2 Å². The number of carbonyl (C=O) groups is 1. The maximum Gasteiger partial charge on any atom is 0.416 e. The first-order valence-electron chi connectivity index (χ1n) is 9.19. The lowest BCUT2D eigenvalue weighted by Gasteiger charge is -2.48. The zero-order chi connectivity index (χ0) is 20.3. The van der Waals surface area contributed by atoms with Crippen LogP contribution in [0.25, 0.3) is 0 Å². The Morgan fingerprint density at radius 1 is 1.29 bits per heavy atom. The lowest BCUT2D eigenvalue weighted by Crippen LogP contribution is -2.58. The molecular formula is C20H21F3N4O. The summed E-state index contributed by atoms with van der Waals surface area (Å²) < 4.78 is 40.2. The van der Waals surface area contributed by atoms with Crippen molar-refractivity contribution in [2.75, 3.05) is 0 Å². The molecule has 0 bridgehead atoms. The Kier molecular flexibility index (Phi) is 3.96. The third-order valence-electron chi connectivity index (χ3n) is 5.72. The van der Waals surface area contributed by atoms with Gasteiger partial charge in [-0.25, -0.2) is 0 Å². The summed E-state index contributed by atoms with van der Waals surface area (Å²) in [5.74, 6) is -0.274. The Bertz CT molecular complexity index is 945. The first-order valence-corrected chi connectivity index (χ1v) is 9.19. The van der Waals surface area contributed by atoms with Crippen LogP contribution in [0.5, 0.6) is 0 Å². The van der Waals surface area contributed by atoms with Crippen LogP contribution in [-0.2, 0) is 16.4 Å². The van der Waals surface area contributed by atoms with Crippen LogP contribution in [0.2, 0.25) is 0 Å². The molecule has 2 atom stereocenters. The molecule has 0 radical (unpaired) electrons. The molecule has 0 fully saturated rings. The molecule has 0 aliphatic carbocycles. The minimum atomic E-state index is -4.47. The summed E-state index contributed by atoms with van der Waals surface area (Å²) in [7, 11) is 0. The topological polar surface area (TPSA) is 65.8 Å². The molecule has 28 heavy (non-hydrogen) atoms. The molecule has 8 heteroatoms. The number of azo groups is 1. The monoisotopic (exact) mass is 390 g/mol. The molecule has 0 saturated carbocycles. The predicted octanol–water partition coefficient (Wildman–Crippen LogP) is 4.18. The van der Waals surface area contributed by atoms with Gasteiger partial charge in [0.25, 0.3) is 5.91 Å². The van der Waals surface area contributed by atoms with Gasteiger partial charge in [-0.05, 0) is 31.9 Å². The van der Waals surface area contributed by atoms with Gasteiger partial charge in [-0.2, -0.15) is 23.4 Å². The van der Waals surface area contributed by atoms with Gasteiger partial charge in [0.05, 0.1) is 22.8 Å². The highest BCUT2D eigenvalue weighted by molar-refractivity contribution is 6.00. The van der Waals surface area contributed by atoms with Gasteiger partial charge in [0, 0.05) is 23.2 Å². The van der Waals surface area contributed by atoms with E-state index in [2.05, 4.69) is 20.9 Å². The number of nitrogens with one attached hydrogen (secondary N) is 2. The number of hydrogen-bond donors (Lipinski definition) is 2. The van der Waals surface area contributed by atoms with E-state index in [4.69, 9.17) is 0 Å². The molecule has 3 aliphatic heterocycles. The number of carbonyl (C=O) groups excluding carboxylic acids is 1. The number of alkyl halides is 3. The maximum atomic E-state index is 13.4. The quantitative estimate of drug-likeness (QED) is 0.795. The standard InChI is InChI=1S/C20H21F3N4O/c1-4-19(11-6-5-7-12(8-11)20(21,22)23)13-10-24-27-16(13)25-14-9-18(2,3)26-17(28)15(14)19/h5-8,10,16,25H,4,9H2,1-3H3,(H,26,28)/t16?,19-/m1/s1. The largest absolute Gasteiger partial charge is 0.416 e. The highest BCUT2D eigenvalue weighted by atomic mass is 19.4. The lowest BCUT2D eigenvalue weighted by molar-refractivity contribution is -0.137. The van der Waals surface area contributed by atoms with Crippen LogP contribution < -0.4 is 10.6 Å². The summed E-state index contributed by atoms with van der Waals surface area (Å²) in [4.78, 5) is 13.1.